The zero-order chi connectivity index (χ0) is 25.4. The summed E-state index contributed by atoms with van der Waals surface area (Å²) in [5, 5.41) is 0. The van der Waals surface area contributed by atoms with E-state index in [2.05, 4.69) is 77.8 Å². The summed E-state index contributed by atoms with van der Waals surface area (Å²) < 4.78 is 0. The van der Waals surface area contributed by atoms with Crippen molar-refractivity contribution in [3.8, 4) is 11.3 Å². The maximum Gasteiger partial charge on any atom is 0.266 e. The standard InChI is InChI=1S/C27H33N7OS/c1-17-12-19(6-7-20(17)14-34(27(2,3)4)26(35)21-13-28-16-36-21)22-23-25(30-15-29-22)32-24(31-23)18-8-10-33(5)11-9-18/h6-7,12-13,15-16,18H,8-11,14H2,1-5H3,(H,29,30,31,32). The molecule has 0 radical (unpaired) electrons. The van der Waals surface area contributed by atoms with Gasteiger partial charge in [-0.25, -0.2) is 15.0 Å². The van der Waals surface area contributed by atoms with Crippen molar-refractivity contribution < 1.29 is 4.79 Å². The fourth-order valence-electron chi connectivity index (χ4n) is 4.80. The zero-order valence-corrected chi connectivity index (χ0v) is 22.4. The predicted molar refractivity (Wildman–Crippen MR) is 143 cm³/mol. The molecule has 9 heteroatoms. The van der Waals surface area contributed by atoms with Crippen molar-refractivity contribution in [1.29, 1.82) is 0 Å². The minimum absolute atomic E-state index is 0.00452. The number of amides is 1. The van der Waals surface area contributed by atoms with Crippen molar-refractivity contribution in [3.63, 3.8) is 0 Å². The molecule has 1 aliphatic heterocycles. The molecule has 0 atom stereocenters. The van der Waals surface area contributed by atoms with Crippen LogP contribution >= 0.6 is 11.3 Å². The first-order valence-corrected chi connectivity index (χ1v) is 13.3. The molecular formula is C27H33N7OS. The summed E-state index contributed by atoms with van der Waals surface area (Å²) in [6, 6.07) is 6.33. The smallest absolute Gasteiger partial charge is 0.266 e. The number of H-pyrrole nitrogens is 1. The quantitative estimate of drug-likeness (QED) is 0.411. The lowest BCUT2D eigenvalue weighted by Crippen LogP contribution is -2.44. The number of piperidine rings is 1. The number of carbonyl (C=O) groups is 1. The number of hydrogen-bond acceptors (Lipinski definition) is 7. The van der Waals surface area contributed by atoms with Gasteiger partial charge in [0, 0.05) is 23.6 Å². The number of benzene rings is 1. The second-order valence-corrected chi connectivity index (χ2v) is 11.6. The molecule has 8 nitrogen and oxygen atoms in total. The highest BCUT2D eigenvalue weighted by molar-refractivity contribution is 7.11. The number of aromatic amines is 1. The van der Waals surface area contributed by atoms with Crippen LogP contribution in [0.4, 0.5) is 0 Å². The molecule has 5 rings (SSSR count). The zero-order valence-electron chi connectivity index (χ0n) is 21.6. The van der Waals surface area contributed by atoms with Gasteiger partial charge in [0.25, 0.3) is 5.91 Å². The van der Waals surface area contributed by atoms with Gasteiger partial charge in [-0.3, -0.25) is 9.78 Å². The summed E-state index contributed by atoms with van der Waals surface area (Å²) in [5.41, 5.74) is 7.05. The molecule has 36 heavy (non-hydrogen) atoms. The molecule has 1 saturated heterocycles. The number of thiazole rings is 1. The minimum Gasteiger partial charge on any atom is -0.339 e. The third kappa shape index (κ3) is 4.90. The molecule has 188 valence electrons. The molecule has 0 spiro atoms. The van der Waals surface area contributed by atoms with Gasteiger partial charge in [0.1, 0.15) is 22.5 Å². The summed E-state index contributed by atoms with van der Waals surface area (Å²) in [4.78, 5) is 39.7. The Balaban J connectivity index is 1.43. The molecule has 0 bridgehead atoms. The number of aryl methyl sites for hydroxylation is 1. The van der Waals surface area contributed by atoms with Crippen LogP contribution < -0.4 is 0 Å². The first kappa shape index (κ1) is 24.5. The van der Waals surface area contributed by atoms with Crippen LogP contribution in [-0.4, -0.2) is 66.3 Å². The Morgan fingerprint density at radius 3 is 2.67 bits per heavy atom. The third-order valence-corrected chi connectivity index (χ3v) is 7.82. The summed E-state index contributed by atoms with van der Waals surface area (Å²) in [5.74, 6) is 1.44. The molecule has 3 aromatic heterocycles. The number of nitrogens with zero attached hydrogens (tertiary/aromatic N) is 6. The topological polar surface area (TPSA) is 90.9 Å². The summed E-state index contributed by atoms with van der Waals surface area (Å²) in [7, 11) is 2.17. The maximum absolute atomic E-state index is 13.2. The van der Waals surface area contributed by atoms with E-state index in [4.69, 9.17) is 4.98 Å². The van der Waals surface area contributed by atoms with E-state index in [0.29, 0.717) is 23.0 Å². The summed E-state index contributed by atoms with van der Waals surface area (Å²) in [6.07, 6.45) is 5.43. The Bertz CT molecular complexity index is 1360. The normalized spacial score (nSPS) is 15.5. The number of aromatic nitrogens is 5. The van der Waals surface area contributed by atoms with E-state index in [1.807, 2.05) is 4.90 Å². The van der Waals surface area contributed by atoms with Crippen molar-refractivity contribution in [1.82, 2.24) is 34.7 Å². The van der Waals surface area contributed by atoms with Gasteiger partial charge in [-0.1, -0.05) is 12.1 Å². The summed E-state index contributed by atoms with van der Waals surface area (Å²) in [6.45, 7) is 11.0. The molecule has 1 aliphatic rings. The number of carbonyl (C=O) groups excluding carboxylic acids is 1. The second kappa shape index (κ2) is 9.71. The van der Waals surface area contributed by atoms with Crippen LogP contribution in [0, 0.1) is 6.92 Å². The van der Waals surface area contributed by atoms with Gasteiger partial charge in [0.2, 0.25) is 0 Å². The van der Waals surface area contributed by atoms with Gasteiger partial charge in [-0.05, 0) is 77.9 Å². The van der Waals surface area contributed by atoms with Gasteiger partial charge < -0.3 is 14.8 Å². The van der Waals surface area contributed by atoms with Gasteiger partial charge in [-0.15, -0.1) is 11.3 Å². The third-order valence-electron chi connectivity index (χ3n) is 7.05. The number of likely N-dealkylation sites (tertiary alicyclic amines) is 1. The van der Waals surface area contributed by atoms with Crippen molar-refractivity contribution in [2.75, 3.05) is 20.1 Å². The highest BCUT2D eigenvalue weighted by Crippen LogP contribution is 2.31. The fraction of sp³-hybridized carbons (Fsp3) is 0.444. The minimum atomic E-state index is -0.328. The molecule has 4 heterocycles. The number of rotatable bonds is 5. The van der Waals surface area contributed by atoms with Gasteiger partial charge in [0.15, 0.2) is 5.65 Å². The van der Waals surface area contributed by atoms with Crippen LogP contribution in [0.5, 0.6) is 0 Å². The molecule has 0 unspecified atom stereocenters. The molecular weight excluding hydrogens is 470 g/mol. The molecule has 1 aromatic carbocycles. The monoisotopic (exact) mass is 503 g/mol. The van der Waals surface area contributed by atoms with Gasteiger partial charge >= 0.3 is 0 Å². The van der Waals surface area contributed by atoms with E-state index >= 15 is 0 Å². The van der Waals surface area contributed by atoms with Crippen molar-refractivity contribution in [3.05, 3.63) is 58.1 Å². The lowest BCUT2D eigenvalue weighted by Gasteiger charge is -2.36. The Morgan fingerprint density at radius 2 is 2.00 bits per heavy atom. The Kier molecular flexibility index (Phi) is 6.61. The van der Waals surface area contributed by atoms with E-state index in [1.54, 1.807) is 18.0 Å². The fourth-order valence-corrected chi connectivity index (χ4v) is 5.37. The maximum atomic E-state index is 13.2. The van der Waals surface area contributed by atoms with E-state index in [1.165, 1.54) is 11.3 Å². The average Bonchev–Trinajstić information content (AvgIpc) is 3.53. The summed E-state index contributed by atoms with van der Waals surface area (Å²) >= 11 is 1.38. The van der Waals surface area contributed by atoms with Gasteiger partial charge in [-0.2, -0.15) is 0 Å². The van der Waals surface area contributed by atoms with Crippen LogP contribution in [0.15, 0.2) is 36.2 Å². The predicted octanol–water partition coefficient (Wildman–Crippen LogP) is 5.03. The molecule has 0 aliphatic carbocycles. The molecule has 1 amide bonds. The van der Waals surface area contributed by atoms with Crippen molar-refractivity contribution in [2.24, 2.45) is 0 Å². The molecule has 4 aromatic rings. The highest BCUT2D eigenvalue weighted by atomic mass is 32.1. The number of nitrogens with one attached hydrogen (secondary N) is 1. The van der Waals surface area contributed by atoms with Crippen LogP contribution in [-0.2, 0) is 6.54 Å². The van der Waals surface area contributed by atoms with E-state index < -0.39 is 0 Å². The first-order chi connectivity index (χ1) is 17.2. The van der Waals surface area contributed by atoms with Crippen LogP contribution in [0.1, 0.15) is 66.2 Å². The Labute approximate surface area is 215 Å². The molecule has 1 fully saturated rings. The molecule has 1 N–H and O–H groups in total. The highest BCUT2D eigenvalue weighted by Gasteiger charge is 2.29. The van der Waals surface area contributed by atoms with Crippen LogP contribution in [0.3, 0.4) is 0 Å². The second-order valence-electron chi connectivity index (χ2n) is 10.7. The SMILES string of the molecule is Cc1cc(-c2ncnc3nc(C4CCN(C)CC4)[nH]c23)ccc1CN(C(=O)c1cncs1)C(C)(C)C. The van der Waals surface area contributed by atoms with Crippen molar-refractivity contribution >= 4 is 28.4 Å². The average molecular weight is 504 g/mol. The largest absolute Gasteiger partial charge is 0.339 e. The lowest BCUT2D eigenvalue weighted by atomic mass is 9.96. The van der Waals surface area contributed by atoms with E-state index in [9.17, 15) is 4.79 Å². The number of hydrogen-bond donors (Lipinski definition) is 1. The molecule has 0 saturated carbocycles. The van der Waals surface area contributed by atoms with Crippen LogP contribution in [0.25, 0.3) is 22.4 Å². The van der Waals surface area contributed by atoms with E-state index in [-0.39, 0.29) is 11.4 Å². The first-order valence-electron chi connectivity index (χ1n) is 12.4. The number of imidazole rings is 1. The van der Waals surface area contributed by atoms with E-state index in [0.717, 1.165) is 59.7 Å². The number of fused-ring (bicyclic) bond motifs is 1. The lowest BCUT2D eigenvalue weighted by molar-refractivity contribution is 0.0563. The van der Waals surface area contributed by atoms with Gasteiger partial charge in [0.05, 0.1) is 17.4 Å². The van der Waals surface area contributed by atoms with Crippen LogP contribution in [0.2, 0.25) is 0 Å². The Hall–Kier alpha value is -3.17. The van der Waals surface area contributed by atoms with Crippen molar-refractivity contribution in [2.45, 2.75) is 58.5 Å². The Morgan fingerprint density at radius 1 is 1.22 bits per heavy atom.